The van der Waals surface area contributed by atoms with Crippen LogP contribution in [0.15, 0.2) is 42.6 Å². The highest BCUT2D eigenvalue weighted by Gasteiger charge is 2.08. The van der Waals surface area contributed by atoms with Crippen molar-refractivity contribution < 1.29 is 9.59 Å². The second-order valence-corrected chi connectivity index (χ2v) is 5.88. The number of aromatic nitrogens is 1. The highest BCUT2D eigenvalue weighted by molar-refractivity contribution is 6.05. The molecule has 2 amide bonds. The molecule has 132 valence electrons. The largest absolute Gasteiger partial charge is 0.369 e. The molecule has 3 N–H and O–H groups in total. The Labute approximate surface area is 147 Å². The third-order valence-corrected chi connectivity index (χ3v) is 3.33. The van der Waals surface area contributed by atoms with Crippen molar-refractivity contribution in [2.24, 2.45) is 0 Å². The number of carbonyl (C=O) groups excluding carboxylic acids is 2. The fraction of sp³-hybridized carbons (Fsp3) is 0.278. The Bertz CT molecular complexity index is 746. The molecule has 0 aliphatic heterocycles. The van der Waals surface area contributed by atoms with Gasteiger partial charge in [-0.05, 0) is 44.4 Å². The molecule has 0 fully saturated rings. The van der Waals surface area contributed by atoms with Crippen molar-refractivity contribution in [3.8, 4) is 0 Å². The summed E-state index contributed by atoms with van der Waals surface area (Å²) < 4.78 is 0. The van der Waals surface area contributed by atoms with Gasteiger partial charge in [0.15, 0.2) is 0 Å². The van der Waals surface area contributed by atoms with E-state index in [-0.39, 0.29) is 11.8 Å². The number of anilines is 3. The summed E-state index contributed by atoms with van der Waals surface area (Å²) in [6.45, 7) is 3.05. The predicted octanol–water partition coefficient (Wildman–Crippen LogP) is 2.27. The summed E-state index contributed by atoms with van der Waals surface area (Å²) >= 11 is 0. The minimum absolute atomic E-state index is 0.161. The number of rotatable bonds is 7. The number of amides is 2. The highest BCUT2D eigenvalue weighted by atomic mass is 16.2. The third kappa shape index (κ3) is 6.23. The van der Waals surface area contributed by atoms with Gasteiger partial charge in [-0.1, -0.05) is 6.07 Å². The molecule has 0 radical (unpaired) electrons. The van der Waals surface area contributed by atoms with Gasteiger partial charge in [0.05, 0.1) is 0 Å². The Morgan fingerprint density at radius 1 is 1.08 bits per heavy atom. The third-order valence-electron chi connectivity index (χ3n) is 3.33. The molecule has 0 saturated carbocycles. The van der Waals surface area contributed by atoms with E-state index in [1.165, 1.54) is 6.92 Å². The Hall–Kier alpha value is -2.93. The van der Waals surface area contributed by atoms with E-state index in [4.69, 9.17) is 0 Å². The molecule has 1 aromatic heterocycles. The van der Waals surface area contributed by atoms with E-state index >= 15 is 0 Å². The number of carbonyl (C=O) groups is 2. The second kappa shape index (κ2) is 8.79. The molecule has 0 spiro atoms. The van der Waals surface area contributed by atoms with Crippen molar-refractivity contribution in [1.82, 2.24) is 9.88 Å². The maximum absolute atomic E-state index is 12.4. The maximum Gasteiger partial charge on any atom is 0.255 e. The van der Waals surface area contributed by atoms with Gasteiger partial charge in [-0.25, -0.2) is 4.98 Å². The molecule has 7 nitrogen and oxygen atoms in total. The van der Waals surface area contributed by atoms with Gasteiger partial charge in [0.25, 0.3) is 5.91 Å². The fourth-order valence-corrected chi connectivity index (χ4v) is 2.16. The standard InChI is InChI=1S/C18H23N5O2/c1-13(24)21-15-5-4-6-16(12-15)22-18(25)14-7-8-19-17(11-14)20-9-10-23(2)3/h4-8,11-12H,9-10H2,1-3H3,(H,19,20)(H,21,24)(H,22,25). The minimum atomic E-state index is -0.238. The first kappa shape index (κ1) is 18.4. The van der Waals surface area contributed by atoms with Crippen LogP contribution >= 0.6 is 0 Å². The summed E-state index contributed by atoms with van der Waals surface area (Å²) in [5, 5.41) is 8.69. The second-order valence-electron chi connectivity index (χ2n) is 5.88. The summed E-state index contributed by atoms with van der Waals surface area (Å²) in [5.74, 6) is 0.255. The fourth-order valence-electron chi connectivity index (χ4n) is 2.16. The summed E-state index contributed by atoms with van der Waals surface area (Å²) in [6.07, 6.45) is 1.60. The van der Waals surface area contributed by atoms with Crippen LogP contribution in [0.2, 0.25) is 0 Å². The van der Waals surface area contributed by atoms with Gasteiger partial charge in [-0.2, -0.15) is 0 Å². The molecular weight excluding hydrogens is 318 g/mol. The average Bonchev–Trinajstić information content (AvgIpc) is 2.54. The molecule has 1 aromatic carbocycles. The molecule has 0 aliphatic rings. The van der Waals surface area contributed by atoms with Crippen molar-refractivity contribution >= 4 is 29.0 Å². The summed E-state index contributed by atoms with van der Waals surface area (Å²) in [6, 6.07) is 10.4. The zero-order chi connectivity index (χ0) is 18.2. The van der Waals surface area contributed by atoms with Crippen LogP contribution in [0.1, 0.15) is 17.3 Å². The van der Waals surface area contributed by atoms with Crippen molar-refractivity contribution in [3.63, 3.8) is 0 Å². The molecule has 2 rings (SSSR count). The van der Waals surface area contributed by atoms with Gasteiger partial charge in [0.2, 0.25) is 5.91 Å². The Morgan fingerprint density at radius 2 is 1.80 bits per heavy atom. The summed E-state index contributed by atoms with van der Waals surface area (Å²) in [5.41, 5.74) is 1.74. The van der Waals surface area contributed by atoms with E-state index in [1.807, 2.05) is 14.1 Å². The number of nitrogens with one attached hydrogen (secondary N) is 3. The first-order valence-electron chi connectivity index (χ1n) is 7.97. The number of pyridine rings is 1. The molecule has 0 aliphatic carbocycles. The number of nitrogens with zero attached hydrogens (tertiary/aromatic N) is 2. The Kier molecular flexibility index (Phi) is 6.47. The van der Waals surface area contributed by atoms with E-state index in [1.54, 1.807) is 42.6 Å². The minimum Gasteiger partial charge on any atom is -0.369 e. The van der Waals surface area contributed by atoms with E-state index in [9.17, 15) is 9.59 Å². The van der Waals surface area contributed by atoms with Gasteiger partial charge < -0.3 is 20.9 Å². The molecule has 0 atom stereocenters. The van der Waals surface area contributed by atoms with Gasteiger partial charge >= 0.3 is 0 Å². The quantitative estimate of drug-likeness (QED) is 0.719. The van der Waals surface area contributed by atoms with Crippen molar-refractivity contribution in [3.05, 3.63) is 48.2 Å². The topological polar surface area (TPSA) is 86.4 Å². The average molecular weight is 341 g/mol. The first-order chi connectivity index (χ1) is 11.9. The predicted molar refractivity (Wildman–Crippen MR) is 100.0 cm³/mol. The van der Waals surface area contributed by atoms with Crippen LogP contribution in [0.3, 0.4) is 0 Å². The molecule has 0 bridgehead atoms. The summed E-state index contributed by atoms with van der Waals surface area (Å²) in [7, 11) is 3.99. The van der Waals surface area contributed by atoms with Crippen molar-refractivity contribution in [1.29, 1.82) is 0 Å². The van der Waals surface area contributed by atoms with Gasteiger partial charge in [-0.3, -0.25) is 9.59 Å². The lowest BCUT2D eigenvalue weighted by Crippen LogP contribution is -2.21. The lowest BCUT2D eigenvalue weighted by molar-refractivity contribution is -0.114. The Balaban J connectivity index is 2.02. The molecule has 0 unspecified atom stereocenters. The molecule has 1 heterocycles. The van der Waals surface area contributed by atoms with Crippen LogP contribution in [0.4, 0.5) is 17.2 Å². The number of likely N-dealkylation sites (N-methyl/N-ethyl adjacent to an activating group) is 1. The van der Waals surface area contributed by atoms with E-state index in [0.717, 1.165) is 13.1 Å². The van der Waals surface area contributed by atoms with Crippen LogP contribution in [0.25, 0.3) is 0 Å². The molecule has 2 aromatic rings. The number of hydrogen-bond acceptors (Lipinski definition) is 5. The smallest absolute Gasteiger partial charge is 0.255 e. The lowest BCUT2D eigenvalue weighted by Gasteiger charge is -2.12. The highest BCUT2D eigenvalue weighted by Crippen LogP contribution is 2.16. The van der Waals surface area contributed by atoms with Crippen LogP contribution in [-0.2, 0) is 4.79 Å². The molecule has 7 heteroatoms. The molecule has 25 heavy (non-hydrogen) atoms. The van der Waals surface area contributed by atoms with Crippen molar-refractivity contribution in [2.75, 3.05) is 43.1 Å². The zero-order valence-corrected chi connectivity index (χ0v) is 14.7. The summed E-state index contributed by atoms with van der Waals surface area (Å²) in [4.78, 5) is 29.8. The van der Waals surface area contributed by atoms with E-state index in [2.05, 4.69) is 25.8 Å². The normalized spacial score (nSPS) is 10.4. The van der Waals surface area contributed by atoms with Crippen LogP contribution < -0.4 is 16.0 Å². The molecular formula is C18H23N5O2. The van der Waals surface area contributed by atoms with Crippen LogP contribution in [0, 0.1) is 0 Å². The maximum atomic E-state index is 12.4. The van der Waals surface area contributed by atoms with Gasteiger partial charge in [0.1, 0.15) is 5.82 Å². The molecule has 0 saturated heterocycles. The SMILES string of the molecule is CC(=O)Nc1cccc(NC(=O)c2ccnc(NCCN(C)C)c2)c1. The van der Waals surface area contributed by atoms with Crippen LogP contribution in [0.5, 0.6) is 0 Å². The van der Waals surface area contributed by atoms with E-state index in [0.29, 0.717) is 22.8 Å². The zero-order valence-electron chi connectivity index (χ0n) is 14.7. The first-order valence-corrected chi connectivity index (χ1v) is 7.97. The van der Waals surface area contributed by atoms with Gasteiger partial charge in [-0.15, -0.1) is 0 Å². The van der Waals surface area contributed by atoms with Crippen LogP contribution in [-0.4, -0.2) is 48.9 Å². The van der Waals surface area contributed by atoms with Gasteiger partial charge in [0, 0.05) is 43.1 Å². The Morgan fingerprint density at radius 3 is 2.48 bits per heavy atom. The van der Waals surface area contributed by atoms with Crippen molar-refractivity contribution in [2.45, 2.75) is 6.92 Å². The monoisotopic (exact) mass is 341 g/mol. The van der Waals surface area contributed by atoms with E-state index < -0.39 is 0 Å². The number of hydrogen-bond donors (Lipinski definition) is 3. The lowest BCUT2D eigenvalue weighted by atomic mass is 10.2. The number of benzene rings is 1.